The topological polar surface area (TPSA) is 46.0 Å². The van der Waals surface area contributed by atoms with Crippen LogP contribution in [0.5, 0.6) is 0 Å². The lowest BCUT2D eigenvalue weighted by Gasteiger charge is -2.22. The first-order chi connectivity index (χ1) is 9.76. The molecule has 0 aliphatic carbocycles. The first-order valence-electron chi connectivity index (χ1n) is 7.12. The second-order valence-corrected chi connectivity index (χ2v) is 4.72. The standard InChI is InChI=1S/C15H23N5/c1-4-20(5-2)15-13(7-6-8-18-15)11-16-12-14-17-9-10-19(14)3/h6-10,16H,4-5,11-12H2,1-3H3. The number of aryl methyl sites for hydroxylation is 1. The fraction of sp³-hybridized carbons (Fsp3) is 0.467. The van der Waals surface area contributed by atoms with E-state index in [9.17, 15) is 0 Å². The van der Waals surface area contributed by atoms with E-state index < -0.39 is 0 Å². The van der Waals surface area contributed by atoms with E-state index in [2.05, 4.69) is 40.1 Å². The third kappa shape index (κ3) is 3.36. The van der Waals surface area contributed by atoms with Crippen LogP contribution in [0.3, 0.4) is 0 Å². The molecular weight excluding hydrogens is 250 g/mol. The van der Waals surface area contributed by atoms with Crippen molar-refractivity contribution in [2.45, 2.75) is 26.9 Å². The molecule has 0 aromatic carbocycles. The van der Waals surface area contributed by atoms with E-state index in [1.165, 1.54) is 5.56 Å². The van der Waals surface area contributed by atoms with Crippen molar-refractivity contribution in [3.8, 4) is 0 Å². The van der Waals surface area contributed by atoms with Gasteiger partial charge in [0, 0.05) is 50.8 Å². The van der Waals surface area contributed by atoms with E-state index in [0.29, 0.717) is 0 Å². The molecule has 2 rings (SSSR count). The summed E-state index contributed by atoms with van der Waals surface area (Å²) < 4.78 is 2.03. The highest BCUT2D eigenvalue weighted by Gasteiger charge is 2.09. The Bertz CT molecular complexity index is 531. The predicted octanol–water partition coefficient (Wildman–Crippen LogP) is 1.95. The van der Waals surface area contributed by atoms with E-state index >= 15 is 0 Å². The van der Waals surface area contributed by atoms with Crippen LogP contribution in [0, 0.1) is 0 Å². The SMILES string of the molecule is CCN(CC)c1ncccc1CNCc1nccn1C. The highest BCUT2D eigenvalue weighted by Crippen LogP contribution is 2.16. The maximum atomic E-state index is 4.52. The Kier molecular flexibility index (Phi) is 5.12. The second kappa shape index (κ2) is 7.05. The summed E-state index contributed by atoms with van der Waals surface area (Å²) in [5.74, 6) is 2.11. The number of imidazole rings is 1. The summed E-state index contributed by atoms with van der Waals surface area (Å²) in [7, 11) is 2.01. The van der Waals surface area contributed by atoms with Crippen molar-refractivity contribution in [1.29, 1.82) is 0 Å². The van der Waals surface area contributed by atoms with Gasteiger partial charge >= 0.3 is 0 Å². The van der Waals surface area contributed by atoms with Crippen LogP contribution in [0.2, 0.25) is 0 Å². The number of pyridine rings is 1. The number of rotatable bonds is 7. The van der Waals surface area contributed by atoms with Gasteiger partial charge in [0.1, 0.15) is 11.6 Å². The number of anilines is 1. The molecule has 0 aliphatic heterocycles. The largest absolute Gasteiger partial charge is 0.357 e. The van der Waals surface area contributed by atoms with Gasteiger partial charge in [-0.2, -0.15) is 0 Å². The van der Waals surface area contributed by atoms with Crippen molar-refractivity contribution in [2.24, 2.45) is 7.05 Å². The second-order valence-electron chi connectivity index (χ2n) is 4.72. The molecule has 0 radical (unpaired) electrons. The van der Waals surface area contributed by atoms with Crippen LogP contribution in [0.25, 0.3) is 0 Å². The minimum absolute atomic E-state index is 0.760. The van der Waals surface area contributed by atoms with Crippen molar-refractivity contribution in [2.75, 3.05) is 18.0 Å². The van der Waals surface area contributed by atoms with Gasteiger partial charge in [0.15, 0.2) is 0 Å². The van der Waals surface area contributed by atoms with Crippen molar-refractivity contribution in [1.82, 2.24) is 19.9 Å². The van der Waals surface area contributed by atoms with E-state index in [1.54, 1.807) is 0 Å². The number of nitrogens with zero attached hydrogens (tertiary/aromatic N) is 4. The zero-order valence-electron chi connectivity index (χ0n) is 12.5. The van der Waals surface area contributed by atoms with Gasteiger partial charge in [-0.05, 0) is 19.9 Å². The molecule has 5 heteroatoms. The molecule has 0 atom stereocenters. The molecule has 0 saturated carbocycles. The Morgan fingerprint density at radius 3 is 2.60 bits per heavy atom. The van der Waals surface area contributed by atoms with Crippen LogP contribution in [-0.2, 0) is 20.1 Å². The summed E-state index contributed by atoms with van der Waals surface area (Å²) in [6, 6.07) is 4.12. The predicted molar refractivity (Wildman–Crippen MR) is 81.5 cm³/mol. The molecule has 0 amide bonds. The first kappa shape index (κ1) is 14.5. The molecule has 2 aromatic heterocycles. The maximum absolute atomic E-state index is 4.52. The summed E-state index contributed by atoms with van der Waals surface area (Å²) in [5.41, 5.74) is 1.23. The highest BCUT2D eigenvalue weighted by atomic mass is 15.2. The summed E-state index contributed by atoms with van der Waals surface area (Å²) in [4.78, 5) is 11.1. The van der Waals surface area contributed by atoms with Crippen LogP contribution in [0.15, 0.2) is 30.7 Å². The molecule has 108 valence electrons. The molecule has 0 unspecified atom stereocenters. The van der Waals surface area contributed by atoms with Crippen LogP contribution < -0.4 is 10.2 Å². The van der Waals surface area contributed by atoms with Crippen molar-refractivity contribution in [3.63, 3.8) is 0 Å². The lowest BCUT2D eigenvalue weighted by Crippen LogP contribution is -2.26. The number of hydrogen-bond donors (Lipinski definition) is 1. The molecular formula is C15H23N5. The molecule has 20 heavy (non-hydrogen) atoms. The Morgan fingerprint density at radius 2 is 1.95 bits per heavy atom. The lowest BCUT2D eigenvalue weighted by molar-refractivity contribution is 0.636. The van der Waals surface area contributed by atoms with Gasteiger partial charge in [-0.25, -0.2) is 9.97 Å². The summed E-state index contributed by atoms with van der Waals surface area (Å²) in [5, 5.41) is 3.44. The van der Waals surface area contributed by atoms with Gasteiger partial charge in [-0.3, -0.25) is 0 Å². The maximum Gasteiger partial charge on any atom is 0.132 e. The summed E-state index contributed by atoms with van der Waals surface area (Å²) in [6.07, 6.45) is 5.64. The van der Waals surface area contributed by atoms with Gasteiger partial charge in [-0.1, -0.05) is 6.07 Å². The van der Waals surface area contributed by atoms with E-state index in [4.69, 9.17) is 0 Å². The third-order valence-corrected chi connectivity index (χ3v) is 3.45. The van der Waals surface area contributed by atoms with E-state index in [0.717, 1.165) is 37.8 Å². The monoisotopic (exact) mass is 273 g/mol. The van der Waals surface area contributed by atoms with Crippen LogP contribution in [-0.4, -0.2) is 27.6 Å². The number of aromatic nitrogens is 3. The van der Waals surface area contributed by atoms with Crippen molar-refractivity contribution >= 4 is 5.82 Å². The van der Waals surface area contributed by atoms with E-state index in [-0.39, 0.29) is 0 Å². The fourth-order valence-corrected chi connectivity index (χ4v) is 2.25. The average molecular weight is 273 g/mol. The average Bonchev–Trinajstić information content (AvgIpc) is 2.87. The van der Waals surface area contributed by atoms with Crippen LogP contribution in [0.1, 0.15) is 25.2 Å². The quantitative estimate of drug-likeness (QED) is 0.837. The molecule has 2 aromatic rings. The molecule has 1 N–H and O–H groups in total. The van der Waals surface area contributed by atoms with Gasteiger partial charge < -0.3 is 14.8 Å². The minimum atomic E-state index is 0.760. The summed E-state index contributed by atoms with van der Waals surface area (Å²) >= 11 is 0. The molecule has 0 saturated heterocycles. The Balaban J connectivity index is 2.00. The van der Waals surface area contributed by atoms with Crippen LogP contribution >= 0.6 is 0 Å². The van der Waals surface area contributed by atoms with Gasteiger partial charge in [0.05, 0.1) is 6.54 Å². The summed E-state index contributed by atoms with van der Waals surface area (Å²) in [6.45, 7) is 7.81. The Morgan fingerprint density at radius 1 is 1.15 bits per heavy atom. The lowest BCUT2D eigenvalue weighted by atomic mass is 10.2. The first-order valence-corrected chi connectivity index (χ1v) is 7.12. The van der Waals surface area contributed by atoms with Crippen LogP contribution in [0.4, 0.5) is 5.82 Å². The Hall–Kier alpha value is -1.88. The van der Waals surface area contributed by atoms with E-state index in [1.807, 2.05) is 36.3 Å². The van der Waals surface area contributed by atoms with Gasteiger partial charge in [0.25, 0.3) is 0 Å². The number of nitrogens with one attached hydrogen (secondary N) is 1. The Labute approximate surface area is 120 Å². The van der Waals surface area contributed by atoms with Crippen molar-refractivity contribution in [3.05, 3.63) is 42.1 Å². The van der Waals surface area contributed by atoms with Gasteiger partial charge in [0.2, 0.25) is 0 Å². The zero-order valence-corrected chi connectivity index (χ0v) is 12.5. The molecule has 5 nitrogen and oxygen atoms in total. The molecule has 0 spiro atoms. The normalized spacial score (nSPS) is 10.8. The molecule has 0 bridgehead atoms. The third-order valence-electron chi connectivity index (χ3n) is 3.45. The highest BCUT2D eigenvalue weighted by molar-refractivity contribution is 5.46. The minimum Gasteiger partial charge on any atom is -0.357 e. The molecule has 2 heterocycles. The fourth-order valence-electron chi connectivity index (χ4n) is 2.25. The molecule has 0 fully saturated rings. The smallest absolute Gasteiger partial charge is 0.132 e. The van der Waals surface area contributed by atoms with Crippen molar-refractivity contribution < 1.29 is 0 Å². The molecule has 0 aliphatic rings. The van der Waals surface area contributed by atoms with Gasteiger partial charge in [-0.15, -0.1) is 0 Å². The number of hydrogen-bond acceptors (Lipinski definition) is 4. The zero-order chi connectivity index (χ0) is 14.4.